The van der Waals surface area contributed by atoms with E-state index >= 15 is 0 Å². The summed E-state index contributed by atoms with van der Waals surface area (Å²) in [6, 6.07) is 0. The van der Waals surface area contributed by atoms with Gasteiger partial charge < -0.3 is 10.0 Å². The van der Waals surface area contributed by atoms with Gasteiger partial charge in [-0.1, -0.05) is 0 Å². The Hall–Kier alpha value is -1.50. The molecule has 2 aliphatic carbocycles. The minimum Gasteiger partial charge on any atom is -0.481 e. The first-order chi connectivity index (χ1) is 10.4. The normalized spacial score (nSPS) is 31.0. The molecule has 8 heteroatoms. The summed E-state index contributed by atoms with van der Waals surface area (Å²) in [4.78, 5) is 20.6. The summed E-state index contributed by atoms with van der Waals surface area (Å²) in [6.07, 6.45) is 0.176. The van der Waals surface area contributed by atoms with Crippen molar-refractivity contribution in [2.45, 2.75) is 25.2 Å². The number of fused-ring (bicyclic) bond motifs is 2. The third-order valence-electron chi connectivity index (χ3n) is 5.07. The number of halogens is 3. The Kier molecular flexibility index (Phi) is 2.89. The monoisotopic (exact) mass is 329 g/mol. The fraction of sp³-hybridized carbons (Fsp3) is 0.643. The Morgan fingerprint density at radius 1 is 1.36 bits per heavy atom. The van der Waals surface area contributed by atoms with E-state index in [1.165, 1.54) is 0 Å². The lowest BCUT2D eigenvalue weighted by molar-refractivity contribution is -0.137. The van der Waals surface area contributed by atoms with Crippen LogP contribution in [0.3, 0.4) is 0 Å². The Bertz CT molecular complexity index is 658. The Morgan fingerprint density at radius 2 is 2.05 bits per heavy atom. The van der Waals surface area contributed by atoms with Crippen molar-refractivity contribution in [3.63, 3.8) is 0 Å². The lowest BCUT2D eigenvalue weighted by Crippen LogP contribution is -2.27. The molecule has 0 aromatic carbocycles. The molecule has 22 heavy (non-hydrogen) atoms. The van der Waals surface area contributed by atoms with E-state index in [9.17, 15) is 13.6 Å². The van der Waals surface area contributed by atoms with Crippen LogP contribution in [0.2, 0.25) is 5.28 Å². The molecule has 0 radical (unpaired) electrons. The molecule has 0 amide bonds. The smallest absolute Gasteiger partial charge is 0.303 e. The summed E-state index contributed by atoms with van der Waals surface area (Å²) in [5, 5.41) is 8.69. The number of nitrogens with zero attached hydrogens (tertiary/aromatic N) is 3. The fourth-order valence-electron chi connectivity index (χ4n) is 3.97. The van der Waals surface area contributed by atoms with Gasteiger partial charge in [0, 0.05) is 31.5 Å². The predicted octanol–water partition coefficient (Wildman–Crippen LogP) is 2.32. The van der Waals surface area contributed by atoms with E-state index in [-0.39, 0.29) is 36.2 Å². The van der Waals surface area contributed by atoms with Crippen molar-refractivity contribution in [1.82, 2.24) is 9.97 Å². The topological polar surface area (TPSA) is 66.3 Å². The van der Waals surface area contributed by atoms with Crippen LogP contribution < -0.4 is 4.90 Å². The van der Waals surface area contributed by atoms with Crippen LogP contribution in [0.1, 0.15) is 24.1 Å². The van der Waals surface area contributed by atoms with Crippen LogP contribution in [-0.4, -0.2) is 34.1 Å². The summed E-state index contributed by atoms with van der Waals surface area (Å²) in [5.74, 6) is -2.36. The van der Waals surface area contributed by atoms with Gasteiger partial charge in [0.2, 0.25) is 5.28 Å². The Morgan fingerprint density at radius 3 is 2.68 bits per heavy atom. The molecule has 1 aromatic rings. The van der Waals surface area contributed by atoms with Crippen LogP contribution in [0.25, 0.3) is 0 Å². The van der Waals surface area contributed by atoms with Crippen molar-refractivity contribution in [3.05, 3.63) is 16.5 Å². The highest BCUT2D eigenvalue weighted by atomic mass is 35.5. The number of aromatic nitrogens is 2. The molecule has 4 rings (SSSR count). The zero-order chi connectivity index (χ0) is 15.6. The first-order valence-corrected chi connectivity index (χ1v) is 7.66. The van der Waals surface area contributed by atoms with Crippen LogP contribution in [0, 0.1) is 17.8 Å². The third-order valence-corrected chi connectivity index (χ3v) is 5.24. The predicted molar refractivity (Wildman–Crippen MR) is 74.2 cm³/mol. The number of carbonyl (C=O) groups is 1. The van der Waals surface area contributed by atoms with E-state index in [2.05, 4.69) is 9.97 Å². The summed E-state index contributed by atoms with van der Waals surface area (Å²) in [6.45, 7) is 1.32. The van der Waals surface area contributed by atoms with Gasteiger partial charge in [-0.05, 0) is 35.8 Å². The van der Waals surface area contributed by atoms with E-state index in [1.807, 2.05) is 4.90 Å². The molecule has 118 valence electrons. The molecule has 2 heterocycles. The highest BCUT2D eigenvalue weighted by Gasteiger charge is 2.57. The Balaban J connectivity index is 1.58. The highest BCUT2D eigenvalue weighted by Crippen LogP contribution is 2.55. The standard InChI is InChI=1S/C14H14ClF2N3O2/c15-13-18-11-6(1-2-14(11,16)17)12(19-13)20-4-8-7(3-10(21)22)9(8)5-20/h7-9H,1-5H2,(H,21,22)/t7?,8-,9+. The number of carboxylic acids is 1. The van der Waals surface area contributed by atoms with E-state index in [0.29, 0.717) is 36.3 Å². The third kappa shape index (κ3) is 2.06. The van der Waals surface area contributed by atoms with Crippen LogP contribution in [0.4, 0.5) is 14.6 Å². The van der Waals surface area contributed by atoms with Crippen molar-refractivity contribution in [1.29, 1.82) is 0 Å². The molecule has 3 atom stereocenters. The molecular weight excluding hydrogens is 316 g/mol. The summed E-state index contributed by atoms with van der Waals surface area (Å²) < 4.78 is 27.7. The molecular formula is C14H14ClF2N3O2. The van der Waals surface area contributed by atoms with Gasteiger partial charge in [-0.3, -0.25) is 4.79 Å². The lowest BCUT2D eigenvalue weighted by atomic mass is 10.1. The van der Waals surface area contributed by atoms with E-state index in [0.717, 1.165) is 0 Å². The first-order valence-electron chi connectivity index (χ1n) is 7.28. The maximum atomic E-state index is 13.8. The lowest BCUT2D eigenvalue weighted by Gasteiger charge is -2.23. The second kappa shape index (κ2) is 4.50. The maximum Gasteiger partial charge on any atom is 0.303 e. The van der Waals surface area contributed by atoms with E-state index < -0.39 is 11.9 Å². The number of anilines is 1. The molecule has 1 aliphatic heterocycles. The number of hydrogen-bond acceptors (Lipinski definition) is 4. The zero-order valence-corrected chi connectivity index (χ0v) is 12.4. The van der Waals surface area contributed by atoms with Crippen molar-refractivity contribution < 1.29 is 18.7 Å². The van der Waals surface area contributed by atoms with Crippen LogP contribution >= 0.6 is 11.6 Å². The number of carboxylic acid groups (broad SMARTS) is 1. The van der Waals surface area contributed by atoms with Gasteiger partial charge in [-0.25, -0.2) is 9.97 Å². The molecule has 1 N–H and O–H groups in total. The zero-order valence-electron chi connectivity index (χ0n) is 11.6. The number of alkyl halides is 2. The fourth-order valence-corrected chi connectivity index (χ4v) is 4.13. The van der Waals surface area contributed by atoms with Crippen molar-refractivity contribution in [2.75, 3.05) is 18.0 Å². The minimum atomic E-state index is -2.94. The van der Waals surface area contributed by atoms with Gasteiger partial charge in [-0.2, -0.15) is 8.78 Å². The van der Waals surface area contributed by atoms with Gasteiger partial charge in [0.05, 0.1) is 0 Å². The minimum absolute atomic E-state index is 0.155. The SMILES string of the molecule is O=C(O)CC1[C@H]2CN(c3nc(Cl)nc4c3CCC4(F)F)C[C@@H]12. The second-order valence-corrected chi connectivity index (χ2v) is 6.68. The first kappa shape index (κ1) is 14.1. The quantitative estimate of drug-likeness (QED) is 0.862. The van der Waals surface area contributed by atoms with Crippen LogP contribution in [0.15, 0.2) is 0 Å². The van der Waals surface area contributed by atoms with Gasteiger partial charge in [0.15, 0.2) is 0 Å². The summed E-state index contributed by atoms with van der Waals surface area (Å²) in [5.41, 5.74) is 0.246. The number of rotatable bonds is 3. The Labute approximate surface area is 130 Å². The molecule has 0 bridgehead atoms. The summed E-state index contributed by atoms with van der Waals surface area (Å²) >= 11 is 5.82. The van der Waals surface area contributed by atoms with Crippen molar-refractivity contribution in [3.8, 4) is 0 Å². The second-order valence-electron chi connectivity index (χ2n) is 6.34. The van der Waals surface area contributed by atoms with Crippen molar-refractivity contribution in [2.24, 2.45) is 17.8 Å². The van der Waals surface area contributed by atoms with Crippen LogP contribution in [0.5, 0.6) is 0 Å². The highest BCUT2D eigenvalue weighted by molar-refractivity contribution is 6.28. The van der Waals surface area contributed by atoms with Gasteiger partial charge >= 0.3 is 5.97 Å². The molecule has 1 saturated heterocycles. The molecule has 1 unspecified atom stereocenters. The van der Waals surface area contributed by atoms with E-state index in [1.54, 1.807) is 0 Å². The average Bonchev–Trinajstić information content (AvgIpc) is 2.81. The van der Waals surface area contributed by atoms with E-state index in [4.69, 9.17) is 16.7 Å². The number of hydrogen-bond donors (Lipinski definition) is 1. The number of aliphatic carboxylic acids is 1. The summed E-state index contributed by atoms with van der Waals surface area (Å²) in [7, 11) is 0. The molecule has 5 nitrogen and oxygen atoms in total. The molecule has 1 saturated carbocycles. The van der Waals surface area contributed by atoms with Gasteiger partial charge in [0.1, 0.15) is 11.5 Å². The number of piperidine rings is 1. The largest absolute Gasteiger partial charge is 0.481 e. The van der Waals surface area contributed by atoms with Crippen molar-refractivity contribution >= 4 is 23.4 Å². The maximum absolute atomic E-state index is 13.8. The van der Waals surface area contributed by atoms with Gasteiger partial charge in [-0.15, -0.1) is 0 Å². The molecule has 0 spiro atoms. The van der Waals surface area contributed by atoms with Gasteiger partial charge in [0.25, 0.3) is 5.92 Å². The molecule has 1 aromatic heterocycles. The molecule has 2 fully saturated rings. The van der Waals surface area contributed by atoms with Crippen LogP contribution in [-0.2, 0) is 17.1 Å². The molecule has 3 aliphatic rings. The average molecular weight is 330 g/mol.